The molecule has 3 heterocycles. The standard InChI is InChI=1S/C74H125NO18/c1-3-5-7-9-11-13-15-17-19-21-23-25-27-28-30-32-34-36-38-40-42-44-46-48-50-52-62(80)75-57(58(79)51-49-47-45-43-41-39-37-35-33-31-29-26-24-22-20-18-16-14-12-10-8-6-4-2)56-88-72-68(86)65(83)70(60(54-77)90-72)93-74-69(87)66(84)71(61(55-78)91-74)92-73-67(85)64(82)63(81)59(53-76)89-73/h5,7,11,13,17,19,23,25,28,30,34,36,40-43,49,51,57-61,63-74,76-79,81-87H,3-4,6,8-10,12,14-16,18,20-22,24,26-27,29,31-33,35,37-39,44-48,50,52-56H2,1-2H3,(H,75,80)/b7-5-,13-11-,19-17-,25-23-,30-28-,36-34-,42-40-,43-41+,51-49+. The highest BCUT2D eigenvalue weighted by molar-refractivity contribution is 5.76. The van der Waals surface area contributed by atoms with Crippen LogP contribution < -0.4 is 5.32 Å². The molecule has 17 unspecified atom stereocenters. The average Bonchev–Trinajstić information content (AvgIpc) is 0.819. The van der Waals surface area contributed by atoms with Crippen LogP contribution >= 0.6 is 0 Å². The molecule has 3 rings (SSSR count). The molecule has 12 N–H and O–H groups in total. The zero-order valence-corrected chi connectivity index (χ0v) is 56.4. The molecule has 534 valence electrons. The molecule has 0 aromatic carbocycles. The Hall–Kier alpha value is -3.55. The molecule has 1 amide bonds. The first kappa shape index (κ1) is 83.7. The fourth-order valence-electron chi connectivity index (χ4n) is 11.3. The maximum Gasteiger partial charge on any atom is 0.220 e. The number of carbonyl (C=O) groups is 1. The normalized spacial score (nSPS) is 28.2. The van der Waals surface area contributed by atoms with E-state index in [0.717, 1.165) is 83.5 Å². The summed E-state index contributed by atoms with van der Waals surface area (Å²) in [6, 6.07) is -1.02. The molecule has 0 bridgehead atoms. The zero-order chi connectivity index (χ0) is 67.5. The lowest BCUT2D eigenvalue weighted by atomic mass is 9.96. The topological polar surface area (TPSA) is 307 Å². The van der Waals surface area contributed by atoms with Gasteiger partial charge in [0.1, 0.15) is 73.2 Å². The van der Waals surface area contributed by atoms with Gasteiger partial charge in [-0.3, -0.25) is 4.79 Å². The SMILES string of the molecule is CC/C=C\C/C=C\C/C=C\C/C=C\C/C=C\C/C=C\C/C=C\CCCCCC(=O)NC(COC1OC(CO)C(OC2OC(CO)C(OC3OC(CO)C(O)C(O)C3O)C(O)C2O)C(O)C1O)C(O)/C=C/CC/C=C/CCCCCCCCCCCCCCCCCCC. The average molecular weight is 1320 g/mol. The molecule has 0 aromatic heterocycles. The van der Waals surface area contributed by atoms with Crippen molar-refractivity contribution in [3.05, 3.63) is 109 Å². The van der Waals surface area contributed by atoms with Gasteiger partial charge >= 0.3 is 0 Å². The minimum atomic E-state index is -1.99. The van der Waals surface area contributed by atoms with Crippen LogP contribution in [0.3, 0.4) is 0 Å². The van der Waals surface area contributed by atoms with Crippen LogP contribution in [-0.4, -0.2) is 193 Å². The van der Waals surface area contributed by atoms with Crippen LogP contribution in [0.1, 0.15) is 219 Å². The summed E-state index contributed by atoms with van der Waals surface area (Å²) < 4.78 is 34.3. The van der Waals surface area contributed by atoms with E-state index in [-0.39, 0.29) is 18.9 Å². The Labute approximate surface area is 557 Å². The van der Waals surface area contributed by atoms with E-state index in [0.29, 0.717) is 12.8 Å². The lowest BCUT2D eigenvalue weighted by Crippen LogP contribution is -2.66. The first-order valence-electron chi connectivity index (χ1n) is 35.6. The number of hydrogen-bond donors (Lipinski definition) is 12. The van der Waals surface area contributed by atoms with Crippen LogP contribution in [0.2, 0.25) is 0 Å². The third-order valence-electron chi connectivity index (χ3n) is 17.1. The lowest BCUT2D eigenvalue weighted by molar-refractivity contribution is -0.379. The maximum atomic E-state index is 13.4. The van der Waals surface area contributed by atoms with Crippen LogP contribution in [-0.2, 0) is 33.2 Å². The summed E-state index contributed by atoms with van der Waals surface area (Å²) in [5, 5.41) is 121. The quantitative estimate of drug-likeness (QED) is 0.0199. The van der Waals surface area contributed by atoms with E-state index in [2.05, 4.69) is 116 Å². The van der Waals surface area contributed by atoms with Gasteiger partial charge in [-0.15, -0.1) is 0 Å². The van der Waals surface area contributed by atoms with E-state index >= 15 is 0 Å². The summed E-state index contributed by atoms with van der Waals surface area (Å²) in [4.78, 5) is 13.4. The minimum Gasteiger partial charge on any atom is -0.394 e. The summed E-state index contributed by atoms with van der Waals surface area (Å²) in [7, 11) is 0. The van der Waals surface area contributed by atoms with Gasteiger partial charge in [-0.25, -0.2) is 0 Å². The molecular weight excluding hydrogens is 1190 g/mol. The first-order valence-corrected chi connectivity index (χ1v) is 35.6. The van der Waals surface area contributed by atoms with Gasteiger partial charge in [-0.2, -0.15) is 0 Å². The second-order valence-electron chi connectivity index (χ2n) is 25.0. The van der Waals surface area contributed by atoms with Crippen molar-refractivity contribution in [1.82, 2.24) is 5.32 Å². The Kier molecular flexibility index (Phi) is 49.0. The monoisotopic (exact) mass is 1320 g/mol. The van der Waals surface area contributed by atoms with Gasteiger partial charge in [-0.05, 0) is 89.9 Å². The van der Waals surface area contributed by atoms with Crippen LogP contribution in [0, 0.1) is 0 Å². The Morgan fingerprint density at radius 1 is 0.398 bits per heavy atom. The number of amides is 1. The van der Waals surface area contributed by atoms with Gasteiger partial charge < -0.3 is 89.9 Å². The van der Waals surface area contributed by atoms with E-state index in [1.165, 1.54) is 103 Å². The van der Waals surface area contributed by atoms with E-state index in [1.807, 2.05) is 6.08 Å². The van der Waals surface area contributed by atoms with Gasteiger partial charge in [0, 0.05) is 6.42 Å². The van der Waals surface area contributed by atoms with Gasteiger partial charge in [0.15, 0.2) is 18.9 Å². The second-order valence-corrected chi connectivity index (χ2v) is 25.0. The Morgan fingerprint density at radius 2 is 0.753 bits per heavy atom. The summed E-state index contributed by atoms with van der Waals surface area (Å²) in [5.41, 5.74) is 0. The largest absolute Gasteiger partial charge is 0.394 e. The fourth-order valence-corrected chi connectivity index (χ4v) is 11.3. The molecule has 3 aliphatic heterocycles. The molecule has 19 heteroatoms. The van der Waals surface area contributed by atoms with Gasteiger partial charge in [0.25, 0.3) is 0 Å². The van der Waals surface area contributed by atoms with Crippen molar-refractivity contribution in [2.45, 2.75) is 324 Å². The number of aliphatic hydroxyl groups is 11. The van der Waals surface area contributed by atoms with Crippen molar-refractivity contribution < 1.29 is 89.4 Å². The number of ether oxygens (including phenoxy) is 6. The zero-order valence-electron chi connectivity index (χ0n) is 56.4. The van der Waals surface area contributed by atoms with Crippen molar-refractivity contribution in [3.63, 3.8) is 0 Å². The summed E-state index contributed by atoms with van der Waals surface area (Å²) in [5.74, 6) is -0.321. The molecule has 0 radical (unpaired) electrons. The maximum absolute atomic E-state index is 13.4. The highest BCUT2D eigenvalue weighted by atomic mass is 16.8. The molecule has 19 nitrogen and oxygen atoms in total. The van der Waals surface area contributed by atoms with Crippen molar-refractivity contribution >= 4 is 5.91 Å². The number of unbranched alkanes of at least 4 members (excludes halogenated alkanes) is 21. The minimum absolute atomic E-state index is 0.188. The van der Waals surface area contributed by atoms with Crippen LogP contribution in [0.25, 0.3) is 0 Å². The number of nitrogens with one attached hydrogen (secondary N) is 1. The van der Waals surface area contributed by atoms with Gasteiger partial charge in [-0.1, -0.05) is 232 Å². The van der Waals surface area contributed by atoms with Crippen molar-refractivity contribution in [2.24, 2.45) is 0 Å². The van der Waals surface area contributed by atoms with Crippen molar-refractivity contribution in [2.75, 3.05) is 26.4 Å². The van der Waals surface area contributed by atoms with Crippen molar-refractivity contribution in [3.8, 4) is 0 Å². The summed E-state index contributed by atoms with van der Waals surface area (Å²) in [6.45, 7) is 1.57. The van der Waals surface area contributed by atoms with Crippen LogP contribution in [0.15, 0.2) is 109 Å². The Balaban J connectivity index is 1.47. The molecule has 0 aliphatic carbocycles. The highest BCUT2D eigenvalue weighted by Gasteiger charge is 2.53. The van der Waals surface area contributed by atoms with Crippen molar-refractivity contribution in [1.29, 1.82) is 0 Å². The number of carbonyl (C=O) groups excluding carboxylic acids is 1. The van der Waals surface area contributed by atoms with E-state index in [9.17, 15) is 61.0 Å². The number of rotatable bonds is 53. The van der Waals surface area contributed by atoms with E-state index < -0.39 is 124 Å². The molecule has 93 heavy (non-hydrogen) atoms. The number of aliphatic hydroxyl groups excluding tert-OH is 11. The molecule has 0 aromatic rings. The Bertz CT molecular complexity index is 2110. The lowest BCUT2D eigenvalue weighted by Gasteiger charge is -2.48. The second kappa shape index (κ2) is 54.5. The summed E-state index contributed by atoms with van der Waals surface area (Å²) >= 11 is 0. The van der Waals surface area contributed by atoms with Crippen LogP contribution in [0.5, 0.6) is 0 Å². The first-order chi connectivity index (χ1) is 45.3. The molecular formula is C74H125NO18. The molecule has 3 aliphatic rings. The van der Waals surface area contributed by atoms with E-state index in [1.54, 1.807) is 6.08 Å². The summed E-state index contributed by atoms with van der Waals surface area (Å²) in [6.07, 6.45) is 46.3. The fraction of sp³-hybridized carbons (Fsp3) is 0.743. The highest BCUT2D eigenvalue weighted by Crippen LogP contribution is 2.33. The van der Waals surface area contributed by atoms with Gasteiger partial charge in [0.05, 0.1) is 38.6 Å². The number of hydrogen-bond acceptors (Lipinski definition) is 18. The number of allylic oxidation sites excluding steroid dienone is 17. The predicted molar refractivity (Wildman–Crippen MR) is 364 cm³/mol. The predicted octanol–water partition coefficient (Wildman–Crippen LogP) is 9.83. The third kappa shape index (κ3) is 36.0. The third-order valence-corrected chi connectivity index (χ3v) is 17.1. The molecule has 0 saturated carbocycles. The van der Waals surface area contributed by atoms with Gasteiger partial charge in [0.2, 0.25) is 5.91 Å². The smallest absolute Gasteiger partial charge is 0.220 e. The molecule has 0 spiro atoms. The van der Waals surface area contributed by atoms with E-state index in [4.69, 9.17) is 28.4 Å². The van der Waals surface area contributed by atoms with Crippen LogP contribution in [0.4, 0.5) is 0 Å². The molecule has 3 saturated heterocycles. The molecule has 17 atom stereocenters. The molecule has 3 fully saturated rings. The Morgan fingerprint density at radius 3 is 1.20 bits per heavy atom.